The lowest BCUT2D eigenvalue weighted by Gasteiger charge is -2.46. The maximum absolute atomic E-state index is 12.6. The first kappa shape index (κ1) is 19.8. The number of rotatable bonds is 7. The van der Waals surface area contributed by atoms with Gasteiger partial charge in [0, 0.05) is 25.7 Å². The zero-order chi connectivity index (χ0) is 19.4. The summed E-state index contributed by atoms with van der Waals surface area (Å²) in [7, 11) is 2.12. The van der Waals surface area contributed by atoms with Crippen LogP contribution in [0.1, 0.15) is 44.1 Å². The molecule has 2 fully saturated rings. The Morgan fingerprint density at radius 1 is 1.19 bits per heavy atom. The molecule has 2 aliphatic rings. The molecular formula is C21H30NO5+. The molecule has 1 N–H and O–H groups in total. The van der Waals surface area contributed by atoms with Crippen molar-refractivity contribution in [1.29, 1.82) is 0 Å². The largest absolute Gasteiger partial charge is 0.462 e. The molecule has 2 saturated heterocycles. The topological polar surface area (TPSA) is 72.8 Å². The number of hydrogen-bond acceptors (Lipinski definition) is 5. The summed E-state index contributed by atoms with van der Waals surface area (Å²) in [6.45, 7) is 2.34. The molecule has 1 aromatic rings. The standard InChI is InChI=1S/C21H30NO5/c1-3-26-20(24)13-22(2)16-9-10-17(22)12-18(11-16)27-21(25)19(14-23)15-7-5-4-6-8-15/h4-8,16-19,23H,3,9-14H2,1-2H3/q+1/t16-,17+,18?,19-,22?/m0/s1. The molecule has 27 heavy (non-hydrogen) atoms. The number of quaternary nitrogens is 1. The monoisotopic (exact) mass is 376 g/mol. The summed E-state index contributed by atoms with van der Waals surface area (Å²) >= 11 is 0. The highest BCUT2D eigenvalue weighted by atomic mass is 16.5. The summed E-state index contributed by atoms with van der Waals surface area (Å²) in [6.07, 6.45) is 3.44. The number of benzene rings is 1. The summed E-state index contributed by atoms with van der Waals surface area (Å²) in [6, 6.07) is 9.85. The molecule has 0 radical (unpaired) electrons. The van der Waals surface area contributed by atoms with Crippen LogP contribution in [0.25, 0.3) is 0 Å². The number of piperidine rings is 1. The van der Waals surface area contributed by atoms with Crippen LogP contribution in [0.3, 0.4) is 0 Å². The van der Waals surface area contributed by atoms with Gasteiger partial charge in [-0.3, -0.25) is 4.79 Å². The van der Waals surface area contributed by atoms with Gasteiger partial charge in [-0.15, -0.1) is 0 Å². The molecule has 2 unspecified atom stereocenters. The second-order valence-electron chi connectivity index (χ2n) is 7.87. The van der Waals surface area contributed by atoms with E-state index in [1.165, 1.54) is 0 Å². The first-order valence-corrected chi connectivity index (χ1v) is 9.84. The molecule has 0 spiro atoms. The summed E-state index contributed by atoms with van der Waals surface area (Å²) in [5.74, 6) is -1.17. The lowest BCUT2D eigenvalue weighted by atomic mass is 9.95. The number of carbonyl (C=O) groups is 2. The number of aliphatic hydroxyl groups excluding tert-OH is 1. The van der Waals surface area contributed by atoms with Crippen LogP contribution in [0.2, 0.25) is 0 Å². The smallest absolute Gasteiger partial charge is 0.361 e. The van der Waals surface area contributed by atoms with Crippen LogP contribution < -0.4 is 0 Å². The number of hydrogen-bond donors (Lipinski definition) is 1. The second kappa shape index (κ2) is 8.40. The molecule has 0 aliphatic carbocycles. The van der Waals surface area contributed by atoms with Gasteiger partial charge in [0.1, 0.15) is 12.0 Å². The number of esters is 2. The third kappa shape index (κ3) is 4.17. The minimum absolute atomic E-state index is 0.152. The molecular weight excluding hydrogens is 346 g/mol. The number of aliphatic hydroxyl groups is 1. The lowest BCUT2D eigenvalue weighted by molar-refractivity contribution is -0.942. The van der Waals surface area contributed by atoms with E-state index in [2.05, 4.69) is 7.05 Å². The molecule has 148 valence electrons. The molecule has 0 saturated carbocycles. The third-order valence-electron chi connectivity index (χ3n) is 6.30. The van der Waals surface area contributed by atoms with Crippen LogP contribution in [0.4, 0.5) is 0 Å². The fraction of sp³-hybridized carbons (Fsp3) is 0.619. The quantitative estimate of drug-likeness (QED) is 0.582. The van der Waals surface area contributed by atoms with Crippen molar-refractivity contribution < 1.29 is 28.7 Å². The SMILES string of the molecule is CCOC(=O)C[N+]1(C)[C@@H]2CC[C@H]1CC(OC(=O)[C@@H](CO)c1ccccc1)C2. The highest BCUT2D eigenvalue weighted by Crippen LogP contribution is 2.42. The highest BCUT2D eigenvalue weighted by Gasteiger charge is 2.53. The van der Waals surface area contributed by atoms with Gasteiger partial charge in [-0.25, -0.2) is 4.79 Å². The average Bonchev–Trinajstić information content (AvgIpc) is 2.81. The van der Waals surface area contributed by atoms with Crippen molar-refractivity contribution in [2.75, 3.05) is 26.8 Å². The molecule has 6 heteroatoms. The Hall–Kier alpha value is -1.92. The zero-order valence-electron chi connectivity index (χ0n) is 16.2. The highest BCUT2D eigenvalue weighted by molar-refractivity contribution is 5.78. The van der Waals surface area contributed by atoms with E-state index >= 15 is 0 Å². The van der Waals surface area contributed by atoms with Gasteiger partial charge in [0.25, 0.3) is 0 Å². The fourth-order valence-corrected chi connectivity index (χ4v) is 4.78. The van der Waals surface area contributed by atoms with Crippen molar-refractivity contribution >= 4 is 11.9 Å². The minimum atomic E-state index is -0.647. The summed E-state index contributed by atoms with van der Waals surface area (Å²) in [5, 5.41) is 9.67. The number of likely N-dealkylation sites (N-methyl/N-ethyl adjacent to an activating group) is 1. The van der Waals surface area contributed by atoms with E-state index in [1.54, 1.807) is 0 Å². The number of ether oxygens (including phenoxy) is 2. The van der Waals surface area contributed by atoms with Gasteiger partial charge in [0.2, 0.25) is 0 Å². The van der Waals surface area contributed by atoms with Crippen molar-refractivity contribution in [2.24, 2.45) is 0 Å². The van der Waals surface area contributed by atoms with E-state index in [0.29, 0.717) is 29.7 Å². The molecule has 6 nitrogen and oxygen atoms in total. The predicted octanol–water partition coefficient (Wildman–Crippen LogP) is 2.01. The van der Waals surface area contributed by atoms with E-state index < -0.39 is 5.92 Å². The van der Waals surface area contributed by atoms with Gasteiger partial charge in [-0.05, 0) is 12.5 Å². The maximum atomic E-state index is 12.6. The van der Waals surface area contributed by atoms with Crippen molar-refractivity contribution in [3.63, 3.8) is 0 Å². The Morgan fingerprint density at radius 3 is 2.37 bits per heavy atom. The van der Waals surface area contributed by atoms with Gasteiger partial charge in [0.05, 0.1) is 32.3 Å². The Morgan fingerprint density at radius 2 is 1.81 bits per heavy atom. The molecule has 3 rings (SSSR count). The lowest BCUT2D eigenvalue weighted by Crippen LogP contribution is -2.61. The van der Waals surface area contributed by atoms with Gasteiger partial charge < -0.3 is 19.1 Å². The first-order valence-electron chi connectivity index (χ1n) is 9.84. The predicted molar refractivity (Wildman–Crippen MR) is 99.9 cm³/mol. The van der Waals surface area contributed by atoms with Crippen molar-refractivity contribution in [3.05, 3.63) is 35.9 Å². The Labute approximate surface area is 160 Å². The molecule has 5 atom stereocenters. The van der Waals surface area contributed by atoms with Crippen LogP contribution in [0.5, 0.6) is 0 Å². The van der Waals surface area contributed by atoms with Crippen molar-refractivity contribution in [2.45, 2.75) is 56.7 Å². The van der Waals surface area contributed by atoms with Crippen LogP contribution in [0.15, 0.2) is 30.3 Å². The Balaban J connectivity index is 1.63. The second-order valence-corrected chi connectivity index (χ2v) is 7.87. The van der Waals surface area contributed by atoms with Gasteiger partial charge in [-0.2, -0.15) is 0 Å². The fourth-order valence-electron chi connectivity index (χ4n) is 4.78. The molecule has 1 aromatic carbocycles. The van der Waals surface area contributed by atoms with Crippen LogP contribution in [0, 0.1) is 0 Å². The van der Waals surface area contributed by atoms with Gasteiger partial charge in [-0.1, -0.05) is 30.3 Å². The number of nitrogens with zero attached hydrogens (tertiary/aromatic N) is 1. The normalized spacial score (nSPS) is 30.6. The first-order chi connectivity index (χ1) is 13.0. The van der Waals surface area contributed by atoms with E-state index in [1.807, 2.05) is 37.3 Å². The summed E-state index contributed by atoms with van der Waals surface area (Å²) < 4.78 is 11.6. The molecule has 0 amide bonds. The molecule has 2 heterocycles. The molecule has 0 aromatic heterocycles. The van der Waals surface area contributed by atoms with Crippen LogP contribution >= 0.6 is 0 Å². The van der Waals surface area contributed by atoms with E-state index in [4.69, 9.17) is 9.47 Å². The van der Waals surface area contributed by atoms with Gasteiger partial charge >= 0.3 is 11.9 Å². The third-order valence-corrected chi connectivity index (χ3v) is 6.30. The average molecular weight is 376 g/mol. The van der Waals surface area contributed by atoms with Crippen LogP contribution in [-0.2, 0) is 19.1 Å². The number of carbonyl (C=O) groups excluding carboxylic acids is 2. The van der Waals surface area contributed by atoms with E-state index in [0.717, 1.165) is 31.2 Å². The Kier molecular flexibility index (Phi) is 6.17. The van der Waals surface area contributed by atoms with E-state index in [-0.39, 0.29) is 24.6 Å². The van der Waals surface area contributed by atoms with Gasteiger partial charge in [0.15, 0.2) is 6.54 Å². The summed E-state index contributed by atoms with van der Waals surface area (Å²) in [4.78, 5) is 24.7. The summed E-state index contributed by atoms with van der Waals surface area (Å²) in [5.41, 5.74) is 0.770. The van der Waals surface area contributed by atoms with Crippen LogP contribution in [-0.4, -0.2) is 66.5 Å². The van der Waals surface area contributed by atoms with E-state index in [9.17, 15) is 14.7 Å². The maximum Gasteiger partial charge on any atom is 0.361 e. The zero-order valence-corrected chi connectivity index (χ0v) is 16.2. The Bertz CT molecular complexity index is 648. The van der Waals surface area contributed by atoms with Crippen molar-refractivity contribution in [3.8, 4) is 0 Å². The molecule has 2 aliphatic heterocycles. The minimum Gasteiger partial charge on any atom is -0.462 e. The van der Waals surface area contributed by atoms with Crippen molar-refractivity contribution in [1.82, 2.24) is 0 Å². The number of fused-ring (bicyclic) bond motifs is 2. The molecule has 2 bridgehead atoms.